The van der Waals surface area contributed by atoms with E-state index in [0.717, 1.165) is 19.3 Å². The number of carboxylic acid groups (broad SMARTS) is 1. The van der Waals surface area contributed by atoms with Crippen LogP contribution >= 0.6 is 0 Å². The van der Waals surface area contributed by atoms with Gasteiger partial charge >= 0.3 is 12.0 Å². The van der Waals surface area contributed by atoms with E-state index in [1.54, 1.807) is 20.8 Å². The van der Waals surface area contributed by atoms with Crippen LogP contribution in [0, 0.1) is 39.4 Å². The normalized spacial score (nSPS) is 20.5. The number of Topliss-reactive ketones (excluding diaryl/α,β-unsaturated/α-hetero) is 2. The average molecular weight is 930 g/mol. The van der Waals surface area contributed by atoms with Gasteiger partial charge in [0.05, 0.1) is 36.9 Å². The number of carbonyl (C=O) groups is 6. The second kappa shape index (κ2) is 23.2. The van der Waals surface area contributed by atoms with Crippen LogP contribution in [-0.4, -0.2) is 102 Å². The molecule has 2 aliphatic carbocycles. The van der Waals surface area contributed by atoms with Crippen molar-refractivity contribution in [3.05, 3.63) is 16.7 Å². The SMILES string of the molecule is CC[C@@H](NC(=O)[C@@H](NC(=O)[C@@H](CC(=O)C(NC(=O)NC1[C@H](C)CCC[C@@H]1C)C(C)(C)C)CC(=O)C(C)(C)C)C1(C(=O)O)CCCC1)C(C)(C)C.Nc1nc2c(ncn2COCCO)c(=O)[nH]1. The lowest BCUT2D eigenvalue weighted by Gasteiger charge is -2.38. The first kappa shape index (κ1) is 55.4. The molecule has 2 aromatic rings. The minimum atomic E-state index is -1.53. The number of aromatic nitrogens is 4. The first-order chi connectivity index (χ1) is 30.6. The summed E-state index contributed by atoms with van der Waals surface area (Å²) in [6.45, 7) is 23.1. The summed E-state index contributed by atoms with van der Waals surface area (Å²) in [5, 5.41) is 30.8. The molecular weight excluding hydrogens is 851 g/mol. The van der Waals surface area contributed by atoms with Gasteiger partial charge in [-0.15, -0.1) is 0 Å². The quantitative estimate of drug-likeness (QED) is 0.0930. The van der Waals surface area contributed by atoms with Crippen LogP contribution in [-0.2, 0) is 35.4 Å². The number of nitrogens with one attached hydrogen (secondary N) is 5. The molecule has 7 atom stereocenters. The van der Waals surface area contributed by atoms with Gasteiger partial charge in [-0.25, -0.2) is 9.78 Å². The van der Waals surface area contributed by atoms with Gasteiger partial charge in [-0.1, -0.05) is 102 Å². The molecule has 4 rings (SSSR count). The number of imidazole rings is 1. The molecular formula is C47H79N9O10. The zero-order chi connectivity index (χ0) is 49.9. The monoisotopic (exact) mass is 930 g/mol. The third kappa shape index (κ3) is 14.8. The summed E-state index contributed by atoms with van der Waals surface area (Å²) < 4.78 is 6.63. The summed E-state index contributed by atoms with van der Waals surface area (Å²) in [5.74, 6) is -3.73. The van der Waals surface area contributed by atoms with Crippen molar-refractivity contribution in [2.75, 3.05) is 18.9 Å². The molecule has 2 heterocycles. The highest BCUT2D eigenvalue weighted by atomic mass is 16.5. The largest absolute Gasteiger partial charge is 0.481 e. The Morgan fingerprint density at radius 2 is 1.52 bits per heavy atom. The van der Waals surface area contributed by atoms with Crippen molar-refractivity contribution in [2.45, 2.75) is 178 Å². The molecule has 9 N–H and O–H groups in total. The number of hydrogen-bond acceptors (Lipinski definition) is 12. The topological polar surface area (TPSA) is 290 Å². The number of nitrogen functional groups attached to an aromatic ring is 1. The van der Waals surface area contributed by atoms with Crippen LogP contribution in [0.5, 0.6) is 0 Å². The number of nitrogens with two attached hydrogens (primary N) is 1. The van der Waals surface area contributed by atoms with E-state index in [1.165, 1.54) is 10.9 Å². The first-order valence-electron chi connectivity index (χ1n) is 23.4. The number of ether oxygens (including phenoxy) is 1. The second-order valence-corrected chi connectivity index (χ2v) is 21.6. The number of carboxylic acids is 1. The number of aliphatic hydroxyl groups excluding tert-OH is 1. The number of anilines is 1. The van der Waals surface area contributed by atoms with Crippen LogP contribution in [0.15, 0.2) is 11.1 Å². The summed E-state index contributed by atoms with van der Waals surface area (Å²) in [6, 6.07) is -3.16. The molecule has 0 radical (unpaired) electrons. The highest BCUT2D eigenvalue weighted by Gasteiger charge is 2.53. The third-order valence-corrected chi connectivity index (χ3v) is 13.1. The summed E-state index contributed by atoms with van der Waals surface area (Å²) in [5.41, 5.74) is 2.20. The Morgan fingerprint density at radius 1 is 0.909 bits per heavy atom. The molecule has 2 fully saturated rings. The van der Waals surface area contributed by atoms with Crippen molar-refractivity contribution < 1.29 is 43.7 Å². The molecule has 372 valence electrons. The highest BCUT2D eigenvalue weighted by molar-refractivity contribution is 5.98. The van der Waals surface area contributed by atoms with Gasteiger partial charge in [0.1, 0.15) is 18.6 Å². The van der Waals surface area contributed by atoms with Crippen molar-refractivity contribution in [1.29, 1.82) is 0 Å². The number of aromatic amines is 1. The maximum atomic E-state index is 14.3. The van der Waals surface area contributed by atoms with Gasteiger partial charge in [-0.05, 0) is 54.8 Å². The molecule has 2 unspecified atom stereocenters. The predicted molar refractivity (Wildman–Crippen MR) is 251 cm³/mol. The number of hydrogen-bond donors (Lipinski definition) is 8. The van der Waals surface area contributed by atoms with Gasteiger partial charge in [-0.2, -0.15) is 4.98 Å². The van der Waals surface area contributed by atoms with Crippen LogP contribution in [0.1, 0.15) is 147 Å². The Balaban J connectivity index is 0.000000600. The Bertz CT molecular complexity index is 2050. The Labute approximate surface area is 389 Å². The van der Waals surface area contributed by atoms with E-state index in [4.69, 9.17) is 15.6 Å². The van der Waals surface area contributed by atoms with Gasteiger partial charge < -0.3 is 42.0 Å². The lowest BCUT2D eigenvalue weighted by Crippen LogP contribution is -2.61. The van der Waals surface area contributed by atoms with Crippen molar-refractivity contribution in [2.24, 2.45) is 39.4 Å². The number of urea groups is 1. The number of ketones is 2. The molecule has 0 aromatic carbocycles. The summed E-state index contributed by atoms with van der Waals surface area (Å²) in [6.07, 6.45) is 6.09. The number of carbonyl (C=O) groups excluding carboxylic acids is 5. The molecule has 2 saturated carbocycles. The fraction of sp³-hybridized carbons (Fsp3) is 0.766. The van der Waals surface area contributed by atoms with E-state index in [-0.39, 0.29) is 85.9 Å². The van der Waals surface area contributed by atoms with E-state index < -0.39 is 63.8 Å². The van der Waals surface area contributed by atoms with Crippen LogP contribution in [0.25, 0.3) is 11.2 Å². The molecule has 0 bridgehead atoms. The van der Waals surface area contributed by atoms with Crippen LogP contribution in [0.3, 0.4) is 0 Å². The zero-order valence-electron chi connectivity index (χ0n) is 41.4. The van der Waals surface area contributed by atoms with Crippen LogP contribution in [0.2, 0.25) is 0 Å². The van der Waals surface area contributed by atoms with Crippen LogP contribution < -0.4 is 32.6 Å². The number of aliphatic hydroxyl groups is 1. The molecule has 19 heteroatoms. The van der Waals surface area contributed by atoms with Crippen molar-refractivity contribution in [3.63, 3.8) is 0 Å². The van der Waals surface area contributed by atoms with Gasteiger partial charge in [0.15, 0.2) is 16.9 Å². The molecule has 0 spiro atoms. The van der Waals surface area contributed by atoms with E-state index in [9.17, 15) is 38.7 Å². The standard InChI is InChI=1S/C39H68N4O7.C8H11N5O3/c1-13-27(36(4,5)6)40-33(47)31(39(34(48)49)19-14-15-20-39)42-32(46)25(22-28(45)37(7,8)9)21-26(44)30(38(10,11)12)43-35(50)41-29-23(2)17-16-18-24(29)3;9-8-11-6-5(7(15)12-8)10-3-13(6)4-16-2-1-14/h23-25,27,29-31H,13-22H2,1-12H3,(H,40,47)(H,42,46)(H,48,49)(H2,41,43,50);3,14H,1-2,4H2,(H3,9,11,12,15)/t23-,24+,25-,27+,29?,30?,31+;/m0./s1. The molecule has 0 saturated heterocycles. The number of aliphatic carboxylic acids is 1. The maximum Gasteiger partial charge on any atom is 0.315 e. The van der Waals surface area contributed by atoms with E-state index in [1.807, 2.05) is 48.5 Å². The minimum absolute atomic E-state index is 0.0291. The van der Waals surface area contributed by atoms with Gasteiger partial charge in [0.2, 0.25) is 17.8 Å². The number of amides is 4. The third-order valence-electron chi connectivity index (χ3n) is 13.1. The average Bonchev–Trinajstić information content (AvgIpc) is 3.87. The predicted octanol–water partition coefficient (Wildman–Crippen LogP) is 4.84. The summed E-state index contributed by atoms with van der Waals surface area (Å²) in [7, 11) is 0. The van der Waals surface area contributed by atoms with Crippen LogP contribution in [0.4, 0.5) is 10.7 Å². The zero-order valence-corrected chi connectivity index (χ0v) is 41.4. The summed E-state index contributed by atoms with van der Waals surface area (Å²) >= 11 is 0. The maximum absolute atomic E-state index is 14.3. The molecule has 0 aliphatic heterocycles. The van der Waals surface area contributed by atoms with E-state index in [2.05, 4.69) is 50.1 Å². The van der Waals surface area contributed by atoms with Gasteiger partial charge in [0.25, 0.3) is 5.56 Å². The second-order valence-electron chi connectivity index (χ2n) is 21.6. The number of rotatable bonds is 18. The van der Waals surface area contributed by atoms with Gasteiger partial charge in [-0.3, -0.25) is 38.3 Å². The van der Waals surface area contributed by atoms with Gasteiger partial charge in [0, 0.05) is 30.3 Å². The Hall–Kier alpha value is -4.91. The lowest BCUT2D eigenvalue weighted by molar-refractivity contribution is -0.155. The Kier molecular flexibility index (Phi) is 19.5. The van der Waals surface area contributed by atoms with E-state index in [0.29, 0.717) is 36.7 Å². The molecule has 66 heavy (non-hydrogen) atoms. The molecule has 4 amide bonds. The van der Waals surface area contributed by atoms with Crippen molar-refractivity contribution >= 4 is 52.5 Å². The molecule has 2 aliphatic rings. The number of H-pyrrole nitrogens is 1. The highest BCUT2D eigenvalue weighted by Crippen LogP contribution is 2.42. The number of nitrogens with zero attached hydrogens (tertiary/aromatic N) is 3. The fourth-order valence-electron chi connectivity index (χ4n) is 9.04. The first-order valence-corrected chi connectivity index (χ1v) is 23.4. The lowest BCUT2D eigenvalue weighted by atomic mass is 9.76. The van der Waals surface area contributed by atoms with Crippen molar-refractivity contribution in [3.8, 4) is 0 Å². The summed E-state index contributed by atoms with van der Waals surface area (Å²) in [4.78, 5) is 104. The minimum Gasteiger partial charge on any atom is -0.481 e. The molecule has 19 nitrogen and oxygen atoms in total. The van der Waals surface area contributed by atoms with E-state index >= 15 is 0 Å². The fourth-order valence-corrected chi connectivity index (χ4v) is 9.04. The Morgan fingerprint density at radius 3 is 2.03 bits per heavy atom. The smallest absolute Gasteiger partial charge is 0.315 e. The number of fused-ring (bicyclic) bond motifs is 1. The molecule has 2 aromatic heterocycles. The van der Waals surface area contributed by atoms with Crippen molar-refractivity contribution in [1.82, 2.24) is 40.8 Å².